The van der Waals surface area contributed by atoms with E-state index in [9.17, 15) is 4.79 Å². The molecule has 2 aliphatic rings. The number of rotatable bonds is 7. The van der Waals surface area contributed by atoms with E-state index in [2.05, 4.69) is 25.7 Å². The number of tetrazole rings is 1. The van der Waals surface area contributed by atoms with Gasteiger partial charge in [-0.2, -0.15) is 0 Å². The van der Waals surface area contributed by atoms with Gasteiger partial charge in [-0.1, -0.05) is 0 Å². The molecule has 2 amide bonds. The maximum Gasteiger partial charge on any atom is 0.321 e. The van der Waals surface area contributed by atoms with Crippen LogP contribution in [0.3, 0.4) is 0 Å². The van der Waals surface area contributed by atoms with Crippen LogP contribution in [0.25, 0.3) is 0 Å². The Balaban J connectivity index is 1.57. The molecule has 1 N–H and O–H groups in total. The quantitative estimate of drug-likeness (QED) is 0.677. The van der Waals surface area contributed by atoms with E-state index in [0.717, 1.165) is 43.2 Å². The first kappa shape index (κ1) is 22.4. The summed E-state index contributed by atoms with van der Waals surface area (Å²) in [5.41, 5.74) is 0.250. The highest BCUT2D eigenvalue weighted by atomic mass is 16.5. The molecule has 0 saturated carbocycles. The third-order valence-electron chi connectivity index (χ3n) is 6.17. The third kappa shape index (κ3) is 4.69. The molecule has 2 aliphatic heterocycles. The number of nitrogens with one attached hydrogen (secondary N) is 1. The van der Waals surface area contributed by atoms with Crippen molar-refractivity contribution in [3.05, 3.63) is 30.1 Å². The Morgan fingerprint density at radius 3 is 2.69 bits per heavy atom. The number of morpholine rings is 1. The molecule has 3 heterocycles. The lowest BCUT2D eigenvalue weighted by Crippen LogP contribution is -2.61. The van der Waals surface area contributed by atoms with Crippen LogP contribution in [-0.2, 0) is 21.6 Å². The fourth-order valence-electron chi connectivity index (χ4n) is 4.53. The van der Waals surface area contributed by atoms with Gasteiger partial charge in [0, 0.05) is 39.0 Å². The number of carbonyl (C=O) groups is 1. The maximum absolute atomic E-state index is 13.2. The Kier molecular flexibility index (Phi) is 7.18. The number of ether oxygens (including phenoxy) is 3. The highest BCUT2D eigenvalue weighted by Gasteiger charge is 2.47. The van der Waals surface area contributed by atoms with Gasteiger partial charge in [-0.3, -0.25) is 4.90 Å². The second-order valence-electron chi connectivity index (χ2n) is 8.03. The van der Waals surface area contributed by atoms with Crippen LogP contribution in [-0.4, -0.2) is 96.3 Å². The highest BCUT2D eigenvalue weighted by Crippen LogP contribution is 2.37. The third-order valence-corrected chi connectivity index (χ3v) is 6.17. The molecular formula is C21H31N7O4. The van der Waals surface area contributed by atoms with Crippen LogP contribution in [0, 0.1) is 0 Å². The zero-order chi connectivity index (χ0) is 22.4. The molecule has 11 nitrogen and oxygen atoms in total. The van der Waals surface area contributed by atoms with Gasteiger partial charge < -0.3 is 24.4 Å². The molecule has 174 valence electrons. The normalized spacial score (nSPS) is 22.0. The summed E-state index contributed by atoms with van der Waals surface area (Å²) in [6, 6.07) is 7.19. The molecule has 0 aliphatic carbocycles. The standard InChI is InChI=1S/C21H31N7O4/c1-30-13-12-28-19(23-24-25-28)21(27-10-14-32-15-11-27)8-3-9-26(16-21)20(29)22-17-4-6-18(31-2)7-5-17/h4-7H,3,8-16H2,1-2H3,(H,22,29). The van der Waals surface area contributed by atoms with Crippen LogP contribution in [0.5, 0.6) is 5.75 Å². The molecule has 0 radical (unpaired) electrons. The van der Waals surface area contributed by atoms with Gasteiger partial charge in [-0.25, -0.2) is 9.48 Å². The molecule has 2 fully saturated rings. The van der Waals surface area contributed by atoms with Crippen LogP contribution in [0.1, 0.15) is 18.7 Å². The Labute approximate surface area is 187 Å². The summed E-state index contributed by atoms with van der Waals surface area (Å²) in [4.78, 5) is 17.4. The van der Waals surface area contributed by atoms with E-state index in [1.54, 1.807) is 14.2 Å². The van der Waals surface area contributed by atoms with Gasteiger partial charge in [0.15, 0.2) is 5.82 Å². The van der Waals surface area contributed by atoms with Crippen LogP contribution in [0.15, 0.2) is 24.3 Å². The largest absolute Gasteiger partial charge is 0.497 e. The minimum atomic E-state index is -0.476. The number of anilines is 1. The lowest BCUT2D eigenvalue weighted by molar-refractivity contribution is -0.0547. The van der Waals surface area contributed by atoms with E-state index in [1.165, 1.54) is 0 Å². The van der Waals surface area contributed by atoms with E-state index in [0.29, 0.717) is 39.5 Å². The first-order valence-corrected chi connectivity index (χ1v) is 10.9. The Hall–Kier alpha value is -2.76. The minimum Gasteiger partial charge on any atom is -0.497 e. The summed E-state index contributed by atoms with van der Waals surface area (Å²) in [5, 5.41) is 15.6. The molecule has 2 aromatic rings. The molecule has 32 heavy (non-hydrogen) atoms. The predicted molar refractivity (Wildman–Crippen MR) is 117 cm³/mol. The number of likely N-dealkylation sites (tertiary alicyclic amines) is 1. The SMILES string of the molecule is COCCn1nnnc1C1(N2CCOCC2)CCCN(C(=O)Nc2ccc(OC)cc2)C1. The van der Waals surface area contributed by atoms with Gasteiger partial charge in [0.2, 0.25) is 0 Å². The van der Waals surface area contributed by atoms with Crippen molar-refractivity contribution in [1.82, 2.24) is 30.0 Å². The minimum absolute atomic E-state index is 0.136. The second kappa shape index (κ2) is 10.2. The topological polar surface area (TPSA) is 107 Å². The smallest absolute Gasteiger partial charge is 0.321 e. The van der Waals surface area contributed by atoms with Crippen LogP contribution in [0.4, 0.5) is 10.5 Å². The molecule has 11 heteroatoms. The van der Waals surface area contributed by atoms with E-state index in [4.69, 9.17) is 14.2 Å². The number of benzene rings is 1. The van der Waals surface area contributed by atoms with Gasteiger partial charge in [0.05, 0.1) is 33.5 Å². The second-order valence-corrected chi connectivity index (χ2v) is 8.03. The molecule has 0 bridgehead atoms. The van der Waals surface area contributed by atoms with Gasteiger partial charge in [0.25, 0.3) is 0 Å². The highest BCUT2D eigenvalue weighted by molar-refractivity contribution is 5.89. The van der Waals surface area contributed by atoms with Crippen molar-refractivity contribution >= 4 is 11.7 Å². The van der Waals surface area contributed by atoms with Crippen molar-refractivity contribution in [2.24, 2.45) is 0 Å². The van der Waals surface area contributed by atoms with Crippen LogP contribution < -0.4 is 10.1 Å². The Morgan fingerprint density at radius 1 is 1.19 bits per heavy atom. The van der Waals surface area contributed by atoms with Gasteiger partial charge >= 0.3 is 6.03 Å². The monoisotopic (exact) mass is 445 g/mol. The summed E-state index contributed by atoms with van der Waals surface area (Å²) >= 11 is 0. The summed E-state index contributed by atoms with van der Waals surface area (Å²) in [5.74, 6) is 1.52. The van der Waals surface area contributed by atoms with Crippen molar-refractivity contribution in [2.45, 2.75) is 24.9 Å². The first-order valence-electron chi connectivity index (χ1n) is 10.9. The first-order chi connectivity index (χ1) is 15.7. The van der Waals surface area contributed by atoms with Gasteiger partial charge in [0.1, 0.15) is 11.3 Å². The summed E-state index contributed by atoms with van der Waals surface area (Å²) in [6.45, 7) is 5.09. The van der Waals surface area contributed by atoms with E-state index in [1.807, 2.05) is 33.8 Å². The number of piperidine rings is 1. The summed E-state index contributed by atoms with van der Waals surface area (Å²) < 4.78 is 17.8. The number of amides is 2. The van der Waals surface area contributed by atoms with Gasteiger partial charge in [-0.15, -0.1) is 5.10 Å². The molecule has 1 aromatic heterocycles. The van der Waals surface area contributed by atoms with Crippen molar-refractivity contribution in [3.63, 3.8) is 0 Å². The van der Waals surface area contributed by atoms with Crippen molar-refractivity contribution in [3.8, 4) is 5.75 Å². The molecule has 0 spiro atoms. The Morgan fingerprint density at radius 2 is 1.97 bits per heavy atom. The summed E-state index contributed by atoms with van der Waals surface area (Å²) in [7, 11) is 3.28. The molecular weight excluding hydrogens is 414 g/mol. The molecule has 2 saturated heterocycles. The number of hydrogen-bond donors (Lipinski definition) is 1. The van der Waals surface area contributed by atoms with Crippen molar-refractivity contribution in [2.75, 3.05) is 65.5 Å². The van der Waals surface area contributed by atoms with Gasteiger partial charge in [-0.05, 0) is 47.5 Å². The predicted octanol–water partition coefficient (Wildman–Crippen LogP) is 1.18. The number of urea groups is 1. The van der Waals surface area contributed by atoms with E-state index >= 15 is 0 Å². The van der Waals surface area contributed by atoms with Crippen LogP contribution >= 0.6 is 0 Å². The summed E-state index contributed by atoms with van der Waals surface area (Å²) in [6.07, 6.45) is 1.72. The zero-order valence-electron chi connectivity index (χ0n) is 18.7. The maximum atomic E-state index is 13.2. The lowest BCUT2D eigenvalue weighted by Gasteiger charge is -2.49. The van der Waals surface area contributed by atoms with E-state index < -0.39 is 5.54 Å². The van der Waals surface area contributed by atoms with Crippen molar-refractivity contribution < 1.29 is 19.0 Å². The number of carbonyl (C=O) groups excluding carboxylic acids is 1. The average Bonchev–Trinajstić information content (AvgIpc) is 3.33. The van der Waals surface area contributed by atoms with Crippen molar-refractivity contribution in [1.29, 1.82) is 0 Å². The number of hydrogen-bond acceptors (Lipinski definition) is 8. The fraction of sp³-hybridized carbons (Fsp3) is 0.619. The molecule has 1 atom stereocenters. The number of methoxy groups -OCH3 is 2. The molecule has 1 aromatic carbocycles. The average molecular weight is 446 g/mol. The van der Waals surface area contributed by atoms with Crippen LogP contribution in [0.2, 0.25) is 0 Å². The van der Waals surface area contributed by atoms with E-state index in [-0.39, 0.29) is 6.03 Å². The number of aromatic nitrogens is 4. The number of nitrogens with zero attached hydrogens (tertiary/aromatic N) is 6. The lowest BCUT2D eigenvalue weighted by atomic mass is 9.85. The fourth-order valence-corrected chi connectivity index (χ4v) is 4.53. The molecule has 4 rings (SSSR count). The Bertz CT molecular complexity index is 885. The zero-order valence-corrected chi connectivity index (χ0v) is 18.7. The molecule has 1 unspecified atom stereocenters.